The summed E-state index contributed by atoms with van der Waals surface area (Å²) < 4.78 is 0. The van der Waals surface area contributed by atoms with Gasteiger partial charge in [-0.05, 0) is 55.6 Å². The van der Waals surface area contributed by atoms with Crippen LogP contribution in [0, 0.1) is 17.8 Å². The number of hydrogen-bond donors (Lipinski definition) is 1. The van der Waals surface area contributed by atoms with E-state index in [0.717, 1.165) is 29.9 Å². The van der Waals surface area contributed by atoms with Crippen LogP contribution in [0.1, 0.15) is 43.8 Å². The van der Waals surface area contributed by atoms with Crippen molar-refractivity contribution in [1.29, 1.82) is 0 Å². The number of nitrogens with zero attached hydrogens (tertiary/aromatic N) is 1. The molecular weight excluding hydrogens is 232 g/mol. The molecule has 3 rings (SSSR count). The highest BCUT2D eigenvalue weighted by Gasteiger charge is 2.40. The second-order valence-electron chi connectivity index (χ2n) is 5.65. The molecule has 4 unspecified atom stereocenters. The van der Waals surface area contributed by atoms with Crippen molar-refractivity contribution in [3.05, 3.63) is 29.0 Å². The zero-order chi connectivity index (χ0) is 11.8. The lowest BCUT2D eigenvalue weighted by molar-refractivity contribution is 0.294. The molecule has 1 aromatic heterocycles. The van der Waals surface area contributed by atoms with Crippen LogP contribution in [0.25, 0.3) is 0 Å². The Labute approximate surface area is 108 Å². The molecule has 4 atom stereocenters. The van der Waals surface area contributed by atoms with Gasteiger partial charge in [0, 0.05) is 12.2 Å². The zero-order valence-corrected chi connectivity index (χ0v) is 10.7. The minimum atomic E-state index is 0.00745. The Bertz CT molecular complexity index is 407. The molecule has 2 nitrogen and oxygen atoms in total. The van der Waals surface area contributed by atoms with Crippen molar-refractivity contribution in [1.82, 2.24) is 4.98 Å². The number of hydrogen-bond acceptors (Lipinski definition) is 2. The SMILES string of the molecule is NC(CC1CC2CCC1C2)c1ncccc1Cl. The fourth-order valence-corrected chi connectivity index (χ4v) is 4.04. The van der Waals surface area contributed by atoms with E-state index >= 15 is 0 Å². The van der Waals surface area contributed by atoms with E-state index in [2.05, 4.69) is 4.98 Å². The summed E-state index contributed by atoms with van der Waals surface area (Å²) in [7, 11) is 0. The van der Waals surface area contributed by atoms with Gasteiger partial charge in [-0.3, -0.25) is 4.98 Å². The fourth-order valence-electron chi connectivity index (χ4n) is 3.77. The first-order valence-corrected chi connectivity index (χ1v) is 6.98. The molecule has 0 aliphatic heterocycles. The Kier molecular flexibility index (Phi) is 3.10. The molecule has 0 saturated heterocycles. The molecule has 2 saturated carbocycles. The molecule has 3 heteroatoms. The van der Waals surface area contributed by atoms with Crippen LogP contribution >= 0.6 is 11.6 Å². The van der Waals surface area contributed by atoms with Crippen LogP contribution in [0.5, 0.6) is 0 Å². The Balaban J connectivity index is 1.68. The van der Waals surface area contributed by atoms with E-state index < -0.39 is 0 Å². The zero-order valence-electron chi connectivity index (χ0n) is 9.98. The molecule has 2 aliphatic carbocycles. The summed E-state index contributed by atoms with van der Waals surface area (Å²) in [5.41, 5.74) is 7.13. The van der Waals surface area contributed by atoms with E-state index in [4.69, 9.17) is 17.3 Å². The quantitative estimate of drug-likeness (QED) is 0.891. The average Bonchev–Trinajstić information content (AvgIpc) is 2.91. The van der Waals surface area contributed by atoms with Crippen LogP contribution in [-0.4, -0.2) is 4.98 Å². The van der Waals surface area contributed by atoms with Gasteiger partial charge >= 0.3 is 0 Å². The molecule has 0 aromatic carbocycles. The molecule has 2 fully saturated rings. The number of aromatic nitrogens is 1. The van der Waals surface area contributed by atoms with Gasteiger partial charge in [0.25, 0.3) is 0 Å². The molecule has 92 valence electrons. The number of fused-ring (bicyclic) bond motifs is 2. The van der Waals surface area contributed by atoms with Gasteiger partial charge in [-0.1, -0.05) is 18.0 Å². The molecule has 0 radical (unpaired) electrons. The molecule has 0 amide bonds. The van der Waals surface area contributed by atoms with Gasteiger partial charge in [0.05, 0.1) is 10.7 Å². The Morgan fingerprint density at radius 2 is 2.29 bits per heavy atom. The summed E-state index contributed by atoms with van der Waals surface area (Å²) in [6.07, 6.45) is 8.51. The summed E-state index contributed by atoms with van der Waals surface area (Å²) in [5.74, 6) is 2.71. The summed E-state index contributed by atoms with van der Waals surface area (Å²) in [6, 6.07) is 3.74. The van der Waals surface area contributed by atoms with E-state index in [1.54, 1.807) is 6.20 Å². The lowest BCUT2D eigenvalue weighted by Crippen LogP contribution is -2.20. The van der Waals surface area contributed by atoms with Crippen molar-refractivity contribution in [2.75, 3.05) is 0 Å². The van der Waals surface area contributed by atoms with Crippen LogP contribution in [0.3, 0.4) is 0 Å². The Hall–Kier alpha value is -0.600. The molecule has 1 aromatic rings. The van der Waals surface area contributed by atoms with Crippen molar-refractivity contribution < 1.29 is 0 Å². The third kappa shape index (κ3) is 2.21. The normalized spacial score (nSPS) is 32.9. The minimum absolute atomic E-state index is 0.00745. The van der Waals surface area contributed by atoms with Crippen molar-refractivity contribution >= 4 is 11.6 Å². The molecule has 2 aliphatic rings. The van der Waals surface area contributed by atoms with Crippen LogP contribution in [0.2, 0.25) is 5.02 Å². The van der Waals surface area contributed by atoms with Crippen LogP contribution in [0.4, 0.5) is 0 Å². The second-order valence-corrected chi connectivity index (χ2v) is 6.05. The van der Waals surface area contributed by atoms with Crippen molar-refractivity contribution in [2.24, 2.45) is 23.5 Å². The van der Waals surface area contributed by atoms with Crippen molar-refractivity contribution in [3.8, 4) is 0 Å². The molecule has 0 spiro atoms. The summed E-state index contributed by atoms with van der Waals surface area (Å²) in [4.78, 5) is 4.33. The lowest BCUT2D eigenvalue weighted by Gasteiger charge is -2.24. The third-order valence-electron chi connectivity index (χ3n) is 4.58. The van der Waals surface area contributed by atoms with Gasteiger partial charge in [-0.25, -0.2) is 0 Å². The largest absolute Gasteiger partial charge is 0.323 e. The lowest BCUT2D eigenvalue weighted by atomic mass is 9.84. The minimum Gasteiger partial charge on any atom is -0.323 e. The smallest absolute Gasteiger partial charge is 0.0756 e. The Morgan fingerprint density at radius 3 is 2.94 bits per heavy atom. The van der Waals surface area contributed by atoms with Gasteiger partial charge in [0.15, 0.2) is 0 Å². The van der Waals surface area contributed by atoms with E-state index in [1.165, 1.54) is 25.7 Å². The third-order valence-corrected chi connectivity index (χ3v) is 4.90. The number of pyridine rings is 1. The van der Waals surface area contributed by atoms with Crippen LogP contribution in [0.15, 0.2) is 18.3 Å². The van der Waals surface area contributed by atoms with Crippen LogP contribution < -0.4 is 5.73 Å². The summed E-state index contributed by atoms with van der Waals surface area (Å²) in [6.45, 7) is 0. The monoisotopic (exact) mass is 250 g/mol. The maximum Gasteiger partial charge on any atom is 0.0756 e. The second kappa shape index (κ2) is 4.58. The molecule has 1 heterocycles. The maximum atomic E-state index is 6.26. The predicted molar refractivity (Wildman–Crippen MR) is 69.7 cm³/mol. The van der Waals surface area contributed by atoms with Gasteiger partial charge in [0.1, 0.15) is 0 Å². The standard InChI is InChI=1S/C14H19ClN2/c15-12-2-1-5-17-14(12)13(16)8-11-7-9-3-4-10(11)6-9/h1-2,5,9-11,13H,3-4,6-8,16H2. The van der Waals surface area contributed by atoms with Gasteiger partial charge in [-0.2, -0.15) is 0 Å². The van der Waals surface area contributed by atoms with Crippen molar-refractivity contribution in [3.63, 3.8) is 0 Å². The highest BCUT2D eigenvalue weighted by atomic mass is 35.5. The topological polar surface area (TPSA) is 38.9 Å². The molecule has 2 N–H and O–H groups in total. The number of rotatable bonds is 3. The first-order valence-electron chi connectivity index (χ1n) is 6.60. The summed E-state index contributed by atoms with van der Waals surface area (Å²) in [5, 5.41) is 0.711. The molecular formula is C14H19ClN2. The first kappa shape index (κ1) is 11.5. The van der Waals surface area contributed by atoms with Gasteiger partial charge < -0.3 is 5.73 Å². The van der Waals surface area contributed by atoms with E-state index in [-0.39, 0.29) is 6.04 Å². The summed E-state index contributed by atoms with van der Waals surface area (Å²) >= 11 is 6.14. The van der Waals surface area contributed by atoms with Crippen molar-refractivity contribution in [2.45, 2.75) is 38.1 Å². The van der Waals surface area contributed by atoms with Crippen LogP contribution in [-0.2, 0) is 0 Å². The fraction of sp³-hybridized carbons (Fsp3) is 0.643. The first-order chi connectivity index (χ1) is 8.24. The number of nitrogens with two attached hydrogens (primary N) is 1. The highest BCUT2D eigenvalue weighted by molar-refractivity contribution is 6.31. The average molecular weight is 251 g/mol. The maximum absolute atomic E-state index is 6.26. The number of halogens is 1. The molecule has 2 bridgehead atoms. The highest BCUT2D eigenvalue weighted by Crippen LogP contribution is 2.50. The van der Waals surface area contributed by atoms with Gasteiger partial charge in [-0.15, -0.1) is 0 Å². The molecule has 17 heavy (non-hydrogen) atoms. The Morgan fingerprint density at radius 1 is 1.41 bits per heavy atom. The van der Waals surface area contributed by atoms with E-state index in [0.29, 0.717) is 5.02 Å². The predicted octanol–water partition coefficient (Wildman–Crippen LogP) is 3.56. The van der Waals surface area contributed by atoms with E-state index in [1.807, 2.05) is 12.1 Å². The van der Waals surface area contributed by atoms with Gasteiger partial charge in [0.2, 0.25) is 0 Å². The van der Waals surface area contributed by atoms with E-state index in [9.17, 15) is 0 Å².